The quantitative estimate of drug-likeness (QED) is 0.633. The maximum atomic E-state index is 5.52. The van der Waals surface area contributed by atoms with Crippen LogP contribution in [0, 0.1) is 6.92 Å². The van der Waals surface area contributed by atoms with E-state index in [1.807, 2.05) is 6.07 Å². The van der Waals surface area contributed by atoms with Crippen LogP contribution in [0.5, 0.6) is 5.75 Å². The van der Waals surface area contributed by atoms with Crippen molar-refractivity contribution in [2.45, 2.75) is 6.92 Å². The summed E-state index contributed by atoms with van der Waals surface area (Å²) in [5, 5.41) is 2.50. The van der Waals surface area contributed by atoms with Gasteiger partial charge in [-0.15, -0.1) is 11.3 Å². The summed E-state index contributed by atoms with van der Waals surface area (Å²) in [5.41, 5.74) is 1.20. The van der Waals surface area contributed by atoms with E-state index in [9.17, 15) is 0 Å². The zero-order chi connectivity index (χ0) is 12.5. The van der Waals surface area contributed by atoms with Gasteiger partial charge in [0.15, 0.2) is 0 Å². The Balaban J connectivity index is 2.37. The van der Waals surface area contributed by atoms with Crippen LogP contribution >= 0.6 is 11.3 Å². The highest BCUT2D eigenvalue weighted by Gasteiger charge is 2.11. The fourth-order valence-corrected chi connectivity index (χ4v) is 3.18. The number of thiophene rings is 1. The van der Waals surface area contributed by atoms with Gasteiger partial charge in [0.1, 0.15) is 5.75 Å². The lowest BCUT2D eigenvalue weighted by Gasteiger charge is -2.10. The minimum atomic E-state index is 0.940. The predicted octanol–water partition coefficient (Wildman–Crippen LogP) is 4.89. The monoisotopic (exact) mass is 254 g/mol. The Morgan fingerprint density at radius 3 is 2.50 bits per heavy atom. The first-order valence-corrected chi connectivity index (χ1v) is 6.74. The third kappa shape index (κ3) is 1.79. The van der Waals surface area contributed by atoms with Crippen LogP contribution in [0.1, 0.15) is 4.88 Å². The van der Waals surface area contributed by atoms with E-state index in [-0.39, 0.29) is 0 Å². The van der Waals surface area contributed by atoms with Gasteiger partial charge in [-0.25, -0.2) is 0 Å². The van der Waals surface area contributed by atoms with Crippen LogP contribution in [0.15, 0.2) is 48.5 Å². The highest BCUT2D eigenvalue weighted by atomic mass is 32.1. The van der Waals surface area contributed by atoms with E-state index in [0.29, 0.717) is 0 Å². The lowest BCUT2D eigenvalue weighted by molar-refractivity contribution is 0.417. The van der Waals surface area contributed by atoms with Crippen molar-refractivity contribution in [3.8, 4) is 16.2 Å². The van der Waals surface area contributed by atoms with Gasteiger partial charge in [0, 0.05) is 15.3 Å². The number of fused-ring (bicyclic) bond motifs is 1. The number of hydrogen-bond donors (Lipinski definition) is 0. The maximum absolute atomic E-state index is 5.52. The molecule has 0 saturated heterocycles. The fourth-order valence-electron chi connectivity index (χ4n) is 2.24. The second-order valence-corrected chi connectivity index (χ2v) is 5.56. The molecule has 0 aliphatic carbocycles. The van der Waals surface area contributed by atoms with Crippen molar-refractivity contribution in [3.05, 3.63) is 53.4 Å². The van der Waals surface area contributed by atoms with E-state index in [1.54, 1.807) is 18.4 Å². The normalized spacial score (nSPS) is 10.8. The predicted molar refractivity (Wildman–Crippen MR) is 78.6 cm³/mol. The highest BCUT2D eigenvalue weighted by Crippen LogP contribution is 2.40. The molecule has 0 fully saturated rings. The zero-order valence-electron chi connectivity index (χ0n) is 10.4. The Bertz CT molecular complexity index is 697. The Labute approximate surface area is 111 Å². The number of hydrogen-bond acceptors (Lipinski definition) is 2. The summed E-state index contributed by atoms with van der Waals surface area (Å²) in [6.07, 6.45) is 0. The number of aryl methyl sites for hydroxylation is 1. The van der Waals surface area contributed by atoms with E-state index >= 15 is 0 Å². The largest absolute Gasteiger partial charge is 0.496 e. The van der Waals surface area contributed by atoms with E-state index in [2.05, 4.69) is 49.4 Å². The first-order chi connectivity index (χ1) is 8.79. The maximum Gasteiger partial charge on any atom is 0.128 e. The van der Waals surface area contributed by atoms with Gasteiger partial charge in [-0.2, -0.15) is 0 Å². The minimum Gasteiger partial charge on any atom is -0.496 e. The lowest BCUT2D eigenvalue weighted by atomic mass is 10.0. The van der Waals surface area contributed by atoms with Gasteiger partial charge in [-0.3, -0.25) is 0 Å². The number of methoxy groups -OCH3 is 1. The fraction of sp³-hybridized carbons (Fsp3) is 0.125. The third-order valence-corrected chi connectivity index (χ3v) is 4.12. The molecule has 1 aromatic heterocycles. The molecule has 0 bridgehead atoms. The molecule has 2 aromatic carbocycles. The molecule has 18 heavy (non-hydrogen) atoms. The number of ether oxygens (including phenoxy) is 1. The van der Waals surface area contributed by atoms with Crippen molar-refractivity contribution in [1.82, 2.24) is 0 Å². The zero-order valence-corrected chi connectivity index (χ0v) is 11.3. The van der Waals surface area contributed by atoms with Crippen LogP contribution in [0.25, 0.3) is 21.2 Å². The summed E-state index contributed by atoms with van der Waals surface area (Å²) in [6, 6.07) is 16.9. The van der Waals surface area contributed by atoms with Gasteiger partial charge < -0.3 is 4.74 Å². The molecule has 1 nitrogen and oxygen atoms in total. The summed E-state index contributed by atoms with van der Waals surface area (Å²) in [5.74, 6) is 0.940. The molecule has 0 atom stereocenters. The first-order valence-electron chi connectivity index (χ1n) is 5.92. The summed E-state index contributed by atoms with van der Waals surface area (Å²) in [7, 11) is 1.73. The lowest BCUT2D eigenvalue weighted by Crippen LogP contribution is -1.87. The van der Waals surface area contributed by atoms with E-state index in [0.717, 1.165) is 5.75 Å². The molecule has 0 N–H and O–H groups in total. The molecule has 0 spiro atoms. The van der Waals surface area contributed by atoms with Crippen molar-refractivity contribution in [2.24, 2.45) is 0 Å². The van der Waals surface area contributed by atoms with Crippen LogP contribution < -0.4 is 4.74 Å². The molecule has 1 heterocycles. The highest BCUT2D eigenvalue weighted by molar-refractivity contribution is 7.15. The van der Waals surface area contributed by atoms with Crippen molar-refractivity contribution < 1.29 is 4.74 Å². The second-order valence-electron chi connectivity index (χ2n) is 4.27. The first kappa shape index (κ1) is 11.3. The van der Waals surface area contributed by atoms with Gasteiger partial charge >= 0.3 is 0 Å². The molecule has 90 valence electrons. The summed E-state index contributed by atoms with van der Waals surface area (Å²) >= 11 is 1.81. The molecule has 0 unspecified atom stereocenters. The average Bonchev–Trinajstić information content (AvgIpc) is 2.83. The van der Waals surface area contributed by atoms with E-state index < -0.39 is 0 Å². The molecular weight excluding hydrogens is 240 g/mol. The van der Waals surface area contributed by atoms with Gasteiger partial charge in [-0.05, 0) is 35.9 Å². The third-order valence-electron chi connectivity index (χ3n) is 3.10. The van der Waals surface area contributed by atoms with E-state index in [1.165, 1.54) is 26.1 Å². The molecule has 0 aliphatic rings. The van der Waals surface area contributed by atoms with E-state index in [4.69, 9.17) is 4.74 Å². The molecular formula is C16H14OS. The summed E-state index contributed by atoms with van der Waals surface area (Å²) in [6.45, 7) is 2.13. The van der Waals surface area contributed by atoms with Gasteiger partial charge in [0.25, 0.3) is 0 Å². The van der Waals surface area contributed by atoms with Crippen LogP contribution in [0.2, 0.25) is 0 Å². The minimum absolute atomic E-state index is 0.940. The van der Waals surface area contributed by atoms with Crippen LogP contribution in [0.3, 0.4) is 0 Å². The Kier molecular flexibility index (Phi) is 2.80. The Morgan fingerprint density at radius 1 is 0.944 bits per heavy atom. The number of rotatable bonds is 2. The average molecular weight is 254 g/mol. The van der Waals surface area contributed by atoms with Crippen molar-refractivity contribution in [2.75, 3.05) is 7.11 Å². The Hall–Kier alpha value is -1.80. The Morgan fingerprint density at radius 2 is 1.78 bits per heavy atom. The molecule has 0 aliphatic heterocycles. The van der Waals surface area contributed by atoms with Gasteiger partial charge in [0.05, 0.1) is 7.11 Å². The van der Waals surface area contributed by atoms with Crippen LogP contribution in [0.4, 0.5) is 0 Å². The molecule has 0 saturated carbocycles. The standard InChI is InChI=1S/C16H14OS/c1-11-7-10-15(18-11)16-13-6-4-3-5-12(13)8-9-14(16)17-2/h3-10H,1-2H3. The molecule has 0 amide bonds. The SMILES string of the molecule is COc1ccc2ccccc2c1-c1ccc(C)s1. The van der Waals surface area contributed by atoms with Crippen molar-refractivity contribution in [1.29, 1.82) is 0 Å². The van der Waals surface area contributed by atoms with Crippen molar-refractivity contribution >= 4 is 22.1 Å². The molecule has 2 heteroatoms. The van der Waals surface area contributed by atoms with Crippen molar-refractivity contribution in [3.63, 3.8) is 0 Å². The van der Waals surface area contributed by atoms with Crippen LogP contribution in [-0.4, -0.2) is 7.11 Å². The van der Waals surface area contributed by atoms with Gasteiger partial charge in [-0.1, -0.05) is 30.3 Å². The van der Waals surface area contributed by atoms with Crippen LogP contribution in [-0.2, 0) is 0 Å². The molecule has 3 rings (SSSR count). The second kappa shape index (κ2) is 4.46. The smallest absolute Gasteiger partial charge is 0.128 e. The summed E-state index contributed by atoms with van der Waals surface area (Å²) in [4.78, 5) is 2.58. The topological polar surface area (TPSA) is 9.23 Å². The number of benzene rings is 2. The molecule has 3 aromatic rings. The van der Waals surface area contributed by atoms with Gasteiger partial charge in [0.2, 0.25) is 0 Å². The molecule has 0 radical (unpaired) electrons. The summed E-state index contributed by atoms with van der Waals surface area (Å²) < 4.78 is 5.52.